The summed E-state index contributed by atoms with van der Waals surface area (Å²) in [5.41, 5.74) is 3.25. The van der Waals surface area contributed by atoms with Crippen molar-refractivity contribution < 1.29 is 4.79 Å². The van der Waals surface area contributed by atoms with Crippen molar-refractivity contribution in [3.63, 3.8) is 0 Å². The highest BCUT2D eigenvalue weighted by Gasteiger charge is 2.07. The fraction of sp³-hybridized carbons (Fsp3) is 0. The van der Waals surface area contributed by atoms with Crippen molar-refractivity contribution in [3.8, 4) is 0 Å². The summed E-state index contributed by atoms with van der Waals surface area (Å²) in [6, 6.07) is 20.3. The van der Waals surface area contributed by atoms with Gasteiger partial charge in [0, 0.05) is 35.0 Å². The zero-order valence-corrected chi connectivity index (χ0v) is 14.1. The van der Waals surface area contributed by atoms with Gasteiger partial charge in [0.15, 0.2) is 5.11 Å². The van der Waals surface area contributed by atoms with Crippen molar-refractivity contribution in [2.24, 2.45) is 0 Å². The third-order valence-electron chi connectivity index (χ3n) is 3.37. The van der Waals surface area contributed by atoms with Crippen molar-refractivity contribution in [3.05, 3.63) is 84.7 Å². The summed E-state index contributed by atoms with van der Waals surface area (Å²) in [6.07, 6.45) is 3.46. The van der Waals surface area contributed by atoms with Gasteiger partial charge in [0.1, 0.15) is 0 Å². The van der Waals surface area contributed by atoms with Crippen molar-refractivity contribution in [2.75, 3.05) is 10.6 Å². The molecule has 1 aromatic heterocycles. The number of nitrogens with one attached hydrogen (secondary N) is 3. The van der Waals surface area contributed by atoms with E-state index in [0.29, 0.717) is 5.56 Å². The maximum atomic E-state index is 12.0. The molecule has 5 nitrogen and oxygen atoms in total. The third kappa shape index (κ3) is 4.86. The fourth-order valence-electron chi connectivity index (χ4n) is 2.17. The Hall–Kier alpha value is -3.25. The largest absolute Gasteiger partial charge is 0.355 e. The summed E-state index contributed by atoms with van der Waals surface area (Å²) in [7, 11) is 0. The van der Waals surface area contributed by atoms with Gasteiger partial charge in [0.25, 0.3) is 5.91 Å². The predicted octanol–water partition coefficient (Wildman–Crippen LogP) is 3.95. The Bertz CT molecular complexity index is 852. The van der Waals surface area contributed by atoms with Gasteiger partial charge in [-0.15, -0.1) is 0 Å². The number of hydrogen-bond donors (Lipinski definition) is 3. The van der Waals surface area contributed by atoms with Crippen molar-refractivity contribution in [1.82, 2.24) is 10.3 Å². The third-order valence-corrected chi connectivity index (χ3v) is 3.58. The Balaban J connectivity index is 1.56. The normalized spacial score (nSPS) is 9.92. The van der Waals surface area contributed by atoms with Crippen LogP contribution in [0.3, 0.4) is 0 Å². The molecule has 2 aromatic carbocycles. The highest BCUT2D eigenvalue weighted by atomic mass is 32.1. The zero-order valence-electron chi connectivity index (χ0n) is 13.3. The smallest absolute Gasteiger partial charge is 0.257 e. The number of carbonyl (C=O) groups excluding carboxylic acids is 1. The molecule has 0 radical (unpaired) electrons. The van der Waals surface area contributed by atoms with Crippen LogP contribution < -0.4 is 16.0 Å². The fourth-order valence-corrected chi connectivity index (χ4v) is 2.38. The van der Waals surface area contributed by atoms with Crippen molar-refractivity contribution in [1.29, 1.82) is 0 Å². The summed E-state index contributed by atoms with van der Waals surface area (Å²) < 4.78 is 0. The lowest BCUT2D eigenvalue weighted by Crippen LogP contribution is -2.34. The van der Waals surface area contributed by atoms with E-state index in [2.05, 4.69) is 20.9 Å². The molecule has 0 unspecified atom stereocenters. The van der Waals surface area contributed by atoms with Gasteiger partial charge in [-0.25, -0.2) is 0 Å². The van der Waals surface area contributed by atoms with E-state index in [4.69, 9.17) is 12.2 Å². The maximum Gasteiger partial charge on any atom is 0.257 e. The van der Waals surface area contributed by atoms with Crippen molar-refractivity contribution in [2.45, 2.75) is 0 Å². The van der Waals surface area contributed by atoms with Crippen LogP contribution in [0.4, 0.5) is 17.1 Å². The number of hydrogen-bond acceptors (Lipinski definition) is 4. The molecule has 0 saturated carbocycles. The molecule has 0 fully saturated rings. The van der Waals surface area contributed by atoms with Crippen LogP contribution in [0.15, 0.2) is 79.1 Å². The van der Waals surface area contributed by atoms with Crippen LogP contribution in [0.5, 0.6) is 0 Å². The minimum atomic E-state index is -0.242. The van der Waals surface area contributed by atoms with E-state index in [0.717, 1.165) is 17.1 Å². The lowest BCUT2D eigenvalue weighted by atomic mass is 10.2. The van der Waals surface area contributed by atoms with E-state index in [1.807, 2.05) is 42.5 Å². The molecule has 25 heavy (non-hydrogen) atoms. The lowest BCUT2D eigenvalue weighted by molar-refractivity contribution is 0.0977. The molecule has 1 amide bonds. The lowest BCUT2D eigenvalue weighted by Gasteiger charge is -2.11. The van der Waals surface area contributed by atoms with Gasteiger partial charge in [0.05, 0.1) is 0 Å². The molecule has 0 bridgehead atoms. The van der Waals surface area contributed by atoms with Gasteiger partial charge in [-0.05, 0) is 60.7 Å². The van der Waals surface area contributed by atoms with Gasteiger partial charge < -0.3 is 10.6 Å². The second kappa shape index (κ2) is 8.03. The Morgan fingerprint density at radius 2 is 1.40 bits per heavy atom. The average Bonchev–Trinajstić information content (AvgIpc) is 2.65. The molecule has 124 valence electrons. The number of thiocarbonyl (C=S) groups is 1. The number of aromatic nitrogens is 1. The summed E-state index contributed by atoms with van der Waals surface area (Å²) in [6.45, 7) is 0. The molecule has 3 rings (SSSR count). The minimum absolute atomic E-state index is 0.242. The molecule has 6 heteroatoms. The number of pyridine rings is 1. The highest BCUT2D eigenvalue weighted by molar-refractivity contribution is 7.80. The van der Waals surface area contributed by atoms with Crippen molar-refractivity contribution >= 4 is 40.3 Å². The summed E-state index contributed by atoms with van der Waals surface area (Å²) in [4.78, 5) is 16.0. The number of carbonyl (C=O) groups is 1. The number of nitrogens with zero attached hydrogens (tertiary/aromatic N) is 1. The maximum absolute atomic E-state index is 12.0. The number of amides is 1. The summed E-state index contributed by atoms with van der Waals surface area (Å²) >= 11 is 5.18. The van der Waals surface area contributed by atoms with Crippen LogP contribution in [0.2, 0.25) is 0 Å². The summed E-state index contributed by atoms with van der Waals surface area (Å²) in [5.74, 6) is -0.242. The first-order valence-electron chi connectivity index (χ1n) is 7.65. The molecule has 0 aliphatic carbocycles. The topological polar surface area (TPSA) is 66.1 Å². The molecule has 0 atom stereocenters. The highest BCUT2D eigenvalue weighted by Crippen LogP contribution is 2.18. The molecule has 0 aliphatic rings. The molecule has 3 aromatic rings. The van der Waals surface area contributed by atoms with Gasteiger partial charge in [-0.2, -0.15) is 0 Å². The van der Waals surface area contributed by atoms with E-state index >= 15 is 0 Å². The molecule has 0 spiro atoms. The van der Waals surface area contributed by atoms with Gasteiger partial charge in [-0.1, -0.05) is 18.2 Å². The van der Waals surface area contributed by atoms with Gasteiger partial charge >= 0.3 is 0 Å². The molecular formula is C19H16N4OS. The zero-order chi connectivity index (χ0) is 17.5. The first kappa shape index (κ1) is 16.6. The van der Waals surface area contributed by atoms with Crippen LogP contribution in [0.1, 0.15) is 10.4 Å². The van der Waals surface area contributed by atoms with Crippen LogP contribution in [-0.2, 0) is 0 Å². The Kier molecular flexibility index (Phi) is 5.33. The SMILES string of the molecule is O=C(NC(=S)Nc1ccc(Nc2ccncc2)cc1)c1ccccc1. The van der Waals surface area contributed by atoms with E-state index < -0.39 is 0 Å². The Morgan fingerprint density at radius 3 is 2.08 bits per heavy atom. The van der Waals surface area contributed by atoms with E-state index in [1.54, 1.807) is 36.7 Å². The quantitative estimate of drug-likeness (QED) is 0.623. The molecule has 1 heterocycles. The second-order valence-electron chi connectivity index (χ2n) is 5.21. The number of anilines is 3. The Morgan fingerprint density at radius 1 is 0.800 bits per heavy atom. The molecule has 0 saturated heterocycles. The van der Waals surface area contributed by atoms with Crippen LogP contribution in [0.25, 0.3) is 0 Å². The monoisotopic (exact) mass is 348 g/mol. The number of rotatable bonds is 4. The summed E-state index contributed by atoms with van der Waals surface area (Å²) in [5, 5.41) is 9.17. The molecule has 3 N–H and O–H groups in total. The molecule has 0 aliphatic heterocycles. The van der Waals surface area contributed by atoms with Gasteiger partial charge in [-0.3, -0.25) is 15.1 Å². The number of benzene rings is 2. The van der Waals surface area contributed by atoms with Crippen LogP contribution in [-0.4, -0.2) is 16.0 Å². The van der Waals surface area contributed by atoms with E-state index in [-0.39, 0.29) is 11.0 Å². The first-order chi connectivity index (χ1) is 12.2. The van der Waals surface area contributed by atoms with E-state index in [9.17, 15) is 4.79 Å². The second-order valence-corrected chi connectivity index (χ2v) is 5.62. The average molecular weight is 348 g/mol. The standard InChI is InChI=1S/C19H16N4OS/c24-18(14-4-2-1-3-5-14)23-19(25)22-16-8-6-15(7-9-16)21-17-10-12-20-13-11-17/h1-13H,(H,20,21)(H2,22,23,24,25). The minimum Gasteiger partial charge on any atom is -0.355 e. The van der Waals surface area contributed by atoms with E-state index in [1.165, 1.54) is 0 Å². The van der Waals surface area contributed by atoms with Gasteiger partial charge in [0.2, 0.25) is 0 Å². The molecular weight excluding hydrogens is 332 g/mol. The first-order valence-corrected chi connectivity index (χ1v) is 8.06. The van der Waals surface area contributed by atoms with Crippen LogP contribution >= 0.6 is 12.2 Å². The Labute approximate surface area is 151 Å². The predicted molar refractivity (Wildman–Crippen MR) is 104 cm³/mol. The van der Waals surface area contributed by atoms with Crippen LogP contribution in [0, 0.1) is 0 Å².